The van der Waals surface area contributed by atoms with Crippen molar-refractivity contribution in [3.05, 3.63) is 18.0 Å². The number of likely N-dealkylation sites (tertiary alicyclic amines) is 1. The van der Waals surface area contributed by atoms with Crippen LogP contribution in [-0.4, -0.2) is 64.9 Å². The van der Waals surface area contributed by atoms with E-state index in [4.69, 9.17) is 4.74 Å². The Kier molecular flexibility index (Phi) is 4.85. The molecule has 1 aromatic rings. The fraction of sp³-hybridized carbons (Fsp3) is 0.778. The third kappa shape index (κ3) is 3.49. The second-order valence-corrected chi connectivity index (χ2v) is 7.44. The van der Waals surface area contributed by atoms with E-state index in [1.165, 1.54) is 18.5 Å². The van der Waals surface area contributed by atoms with Crippen molar-refractivity contribution >= 4 is 5.91 Å². The average molecular weight is 332 g/mol. The first kappa shape index (κ1) is 16.1. The van der Waals surface area contributed by atoms with Gasteiger partial charge >= 0.3 is 0 Å². The lowest BCUT2D eigenvalue weighted by molar-refractivity contribution is -0.127. The minimum Gasteiger partial charge on any atom is -0.381 e. The average Bonchev–Trinajstić information content (AvgIpc) is 3.22. The van der Waals surface area contributed by atoms with E-state index in [-0.39, 0.29) is 0 Å². The molecule has 0 bridgehead atoms. The molecule has 0 aromatic carbocycles. The molecule has 6 nitrogen and oxygen atoms in total. The van der Waals surface area contributed by atoms with E-state index in [1.54, 1.807) is 0 Å². The van der Waals surface area contributed by atoms with Crippen LogP contribution in [0.5, 0.6) is 0 Å². The summed E-state index contributed by atoms with van der Waals surface area (Å²) in [6.07, 6.45) is 7.04. The van der Waals surface area contributed by atoms with Gasteiger partial charge in [0.15, 0.2) is 0 Å². The van der Waals surface area contributed by atoms with Crippen molar-refractivity contribution in [2.24, 2.45) is 5.92 Å². The Hall–Kier alpha value is -1.40. The van der Waals surface area contributed by atoms with Crippen LogP contribution in [-0.2, 0) is 16.1 Å². The third-order valence-corrected chi connectivity index (χ3v) is 5.71. The molecule has 0 unspecified atom stereocenters. The standard InChI is InChI=1S/C18H28N4O2/c23-18-2-1-8-21(18)9-4-17-14-20(12-15-5-10-24-11-6-15)13-16-3-7-19-22(16)17/h3,7,15,17H,1-2,4-6,8-14H2/t17-/m0/s1. The highest BCUT2D eigenvalue weighted by Gasteiger charge is 2.29. The van der Waals surface area contributed by atoms with E-state index in [0.717, 1.165) is 71.1 Å². The van der Waals surface area contributed by atoms with Gasteiger partial charge in [0.1, 0.15) is 0 Å². The topological polar surface area (TPSA) is 50.6 Å². The molecule has 0 spiro atoms. The maximum Gasteiger partial charge on any atom is 0.222 e. The predicted molar refractivity (Wildman–Crippen MR) is 90.5 cm³/mol. The fourth-order valence-electron chi connectivity index (χ4n) is 4.36. The van der Waals surface area contributed by atoms with Crippen LogP contribution in [0.25, 0.3) is 0 Å². The van der Waals surface area contributed by atoms with E-state index in [1.807, 2.05) is 11.1 Å². The molecule has 0 saturated carbocycles. The molecule has 132 valence electrons. The molecule has 3 aliphatic rings. The fourth-order valence-corrected chi connectivity index (χ4v) is 4.36. The number of rotatable bonds is 5. The van der Waals surface area contributed by atoms with Crippen molar-refractivity contribution in [3.63, 3.8) is 0 Å². The zero-order chi connectivity index (χ0) is 16.4. The number of fused-ring (bicyclic) bond motifs is 1. The third-order valence-electron chi connectivity index (χ3n) is 5.71. The maximum atomic E-state index is 11.9. The van der Waals surface area contributed by atoms with E-state index in [0.29, 0.717) is 11.9 Å². The zero-order valence-electron chi connectivity index (χ0n) is 14.4. The molecule has 4 rings (SSSR count). The Morgan fingerprint density at radius 1 is 1.29 bits per heavy atom. The van der Waals surface area contributed by atoms with Crippen molar-refractivity contribution in [1.29, 1.82) is 0 Å². The number of amides is 1. The molecular weight excluding hydrogens is 304 g/mol. The molecule has 2 saturated heterocycles. The Labute approximate surface area is 143 Å². The van der Waals surface area contributed by atoms with Crippen LogP contribution in [0.1, 0.15) is 43.8 Å². The normalized spacial score (nSPS) is 26.1. The minimum absolute atomic E-state index is 0.325. The molecule has 1 atom stereocenters. The Bertz CT molecular complexity index is 567. The highest BCUT2D eigenvalue weighted by atomic mass is 16.5. The van der Waals surface area contributed by atoms with Gasteiger partial charge in [-0.15, -0.1) is 0 Å². The van der Waals surface area contributed by atoms with E-state index < -0.39 is 0 Å². The number of hydrogen-bond donors (Lipinski definition) is 0. The van der Waals surface area contributed by atoms with Gasteiger partial charge in [0.2, 0.25) is 5.91 Å². The SMILES string of the molecule is O=C1CCCN1CC[C@H]1CN(CC2CCOCC2)Cc2ccnn21. The molecule has 0 radical (unpaired) electrons. The van der Waals surface area contributed by atoms with Gasteiger partial charge in [-0.1, -0.05) is 0 Å². The van der Waals surface area contributed by atoms with Gasteiger partial charge in [-0.25, -0.2) is 0 Å². The minimum atomic E-state index is 0.325. The first-order valence-corrected chi connectivity index (χ1v) is 9.40. The number of nitrogens with zero attached hydrogens (tertiary/aromatic N) is 4. The summed E-state index contributed by atoms with van der Waals surface area (Å²) in [6.45, 7) is 6.84. The molecule has 1 aromatic heterocycles. The largest absolute Gasteiger partial charge is 0.381 e. The van der Waals surface area contributed by atoms with Crippen molar-refractivity contribution in [1.82, 2.24) is 19.6 Å². The molecule has 0 aliphatic carbocycles. The molecule has 3 aliphatic heterocycles. The molecule has 24 heavy (non-hydrogen) atoms. The lowest BCUT2D eigenvalue weighted by atomic mass is 9.98. The summed E-state index contributed by atoms with van der Waals surface area (Å²) < 4.78 is 7.68. The van der Waals surface area contributed by atoms with Gasteiger partial charge in [0, 0.05) is 58.6 Å². The molecule has 1 amide bonds. The second-order valence-electron chi connectivity index (χ2n) is 7.44. The van der Waals surface area contributed by atoms with Crippen LogP contribution < -0.4 is 0 Å². The highest BCUT2D eigenvalue weighted by Crippen LogP contribution is 2.26. The van der Waals surface area contributed by atoms with Crippen LogP contribution in [0, 0.1) is 5.92 Å². The summed E-state index contributed by atoms with van der Waals surface area (Å²) in [4.78, 5) is 16.5. The van der Waals surface area contributed by atoms with E-state index in [2.05, 4.69) is 20.7 Å². The Morgan fingerprint density at radius 2 is 2.17 bits per heavy atom. The van der Waals surface area contributed by atoms with Gasteiger partial charge in [-0.05, 0) is 37.7 Å². The van der Waals surface area contributed by atoms with Gasteiger partial charge in [0.05, 0.1) is 11.7 Å². The molecular formula is C18H28N4O2. The summed E-state index contributed by atoms with van der Waals surface area (Å²) in [5, 5.41) is 4.55. The van der Waals surface area contributed by atoms with Crippen molar-refractivity contribution < 1.29 is 9.53 Å². The van der Waals surface area contributed by atoms with E-state index >= 15 is 0 Å². The maximum absolute atomic E-state index is 11.9. The monoisotopic (exact) mass is 332 g/mol. The lowest BCUT2D eigenvalue weighted by Gasteiger charge is -2.37. The summed E-state index contributed by atoms with van der Waals surface area (Å²) in [5.41, 5.74) is 1.31. The van der Waals surface area contributed by atoms with Crippen LogP contribution >= 0.6 is 0 Å². The number of aromatic nitrogens is 2. The first-order chi connectivity index (χ1) is 11.8. The smallest absolute Gasteiger partial charge is 0.222 e. The highest BCUT2D eigenvalue weighted by molar-refractivity contribution is 5.77. The van der Waals surface area contributed by atoms with Gasteiger partial charge in [-0.2, -0.15) is 5.10 Å². The van der Waals surface area contributed by atoms with Crippen LogP contribution in [0.4, 0.5) is 0 Å². The van der Waals surface area contributed by atoms with Gasteiger partial charge in [-0.3, -0.25) is 14.4 Å². The number of ether oxygens (including phenoxy) is 1. The first-order valence-electron chi connectivity index (χ1n) is 9.40. The van der Waals surface area contributed by atoms with Crippen molar-refractivity contribution in [2.75, 3.05) is 39.4 Å². The molecule has 6 heteroatoms. The molecule has 2 fully saturated rings. The zero-order valence-corrected chi connectivity index (χ0v) is 14.4. The molecule has 0 N–H and O–H groups in total. The van der Waals surface area contributed by atoms with Crippen LogP contribution in [0.15, 0.2) is 12.3 Å². The summed E-state index contributed by atoms with van der Waals surface area (Å²) >= 11 is 0. The molecule has 4 heterocycles. The lowest BCUT2D eigenvalue weighted by Crippen LogP contribution is -2.42. The van der Waals surface area contributed by atoms with Crippen LogP contribution in [0.3, 0.4) is 0 Å². The number of carbonyl (C=O) groups is 1. The van der Waals surface area contributed by atoms with Gasteiger partial charge in [0.25, 0.3) is 0 Å². The van der Waals surface area contributed by atoms with Crippen LogP contribution in [0.2, 0.25) is 0 Å². The summed E-state index contributed by atoms with van der Waals surface area (Å²) in [7, 11) is 0. The number of carbonyl (C=O) groups excluding carboxylic acids is 1. The van der Waals surface area contributed by atoms with Crippen molar-refractivity contribution in [2.45, 2.75) is 44.7 Å². The Balaban J connectivity index is 1.38. The quantitative estimate of drug-likeness (QED) is 0.823. The predicted octanol–water partition coefficient (Wildman–Crippen LogP) is 1.68. The van der Waals surface area contributed by atoms with Gasteiger partial charge < -0.3 is 9.64 Å². The summed E-state index contributed by atoms with van der Waals surface area (Å²) in [5.74, 6) is 1.08. The Morgan fingerprint density at radius 3 is 2.96 bits per heavy atom. The number of hydrogen-bond acceptors (Lipinski definition) is 4. The van der Waals surface area contributed by atoms with Crippen molar-refractivity contribution in [3.8, 4) is 0 Å². The van der Waals surface area contributed by atoms with E-state index in [9.17, 15) is 4.79 Å². The second kappa shape index (κ2) is 7.23. The summed E-state index contributed by atoms with van der Waals surface area (Å²) in [6, 6.07) is 2.53.